The van der Waals surface area contributed by atoms with E-state index in [1.54, 1.807) is 7.11 Å². The van der Waals surface area contributed by atoms with Crippen LogP contribution in [-0.4, -0.2) is 71.3 Å². The van der Waals surface area contributed by atoms with Gasteiger partial charge in [-0.1, -0.05) is 6.07 Å². The number of amides is 3. The number of nitrogens with zero attached hydrogens (tertiary/aromatic N) is 2. The van der Waals surface area contributed by atoms with Crippen molar-refractivity contribution in [2.45, 2.75) is 61.6 Å². The molecule has 3 amide bonds. The Hall–Kier alpha value is -2.12. The SMILES string of the molecule is CCN1C(=O)N[C@]2(CC[C@@]3(O)[C@H]4Cc5ccc(OC)cc5[C@@]3(CCN4C)C2)C1=O. The molecule has 2 saturated heterocycles. The maximum Gasteiger partial charge on any atom is 0.325 e. The number of methoxy groups -OCH3 is 1. The molecule has 0 aromatic heterocycles. The van der Waals surface area contributed by atoms with Crippen LogP contribution in [-0.2, 0) is 16.6 Å². The van der Waals surface area contributed by atoms with Crippen LogP contribution in [0, 0.1) is 0 Å². The average Bonchev–Trinajstić information content (AvgIpc) is 2.94. The molecule has 156 valence electrons. The maximum absolute atomic E-state index is 13.3. The van der Waals surface area contributed by atoms with E-state index >= 15 is 0 Å². The van der Waals surface area contributed by atoms with E-state index in [2.05, 4.69) is 23.3 Å². The van der Waals surface area contributed by atoms with Gasteiger partial charge in [-0.05, 0) is 75.9 Å². The molecule has 2 heterocycles. The molecule has 7 nitrogen and oxygen atoms in total. The molecule has 2 aliphatic carbocycles. The summed E-state index contributed by atoms with van der Waals surface area (Å²) in [4.78, 5) is 29.4. The van der Waals surface area contributed by atoms with Crippen molar-refractivity contribution in [1.29, 1.82) is 0 Å². The molecule has 1 aromatic carbocycles. The van der Waals surface area contributed by atoms with E-state index in [0.29, 0.717) is 25.8 Å². The number of likely N-dealkylation sites (N-methyl/N-ethyl adjacent to an activating group) is 2. The summed E-state index contributed by atoms with van der Waals surface area (Å²) in [6, 6.07) is 5.79. The summed E-state index contributed by atoms with van der Waals surface area (Å²) in [6.07, 6.45) is 2.91. The number of imide groups is 1. The minimum absolute atomic E-state index is 0.00368. The number of rotatable bonds is 2. The number of likely N-dealkylation sites (tertiary alicyclic amines) is 1. The van der Waals surface area contributed by atoms with E-state index in [0.717, 1.165) is 30.7 Å². The van der Waals surface area contributed by atoms with Crippen molar-refractivity contribution >= 4 is 11.9 Å². The molecule has 2 aliphatic heterocycles. The predicted molar refractivity (Wildman–Crippen MR) is 107 cm³/mol. The lowest BCUT2D eigenvalue weighted by Gasteiger charge is -2.65. The number of piperidine rings is 1. The Kier molecular flexibility index (Phi) is 3.87. The number of ether oxygens (including phenoxy) is 1. The van der Waals surface area contributed by atoms with E-state index in [-0.39, 0.29) is 18.0 Å². The smallest absolute Gasteiger partial charge is 0.325 e. The Balaban J connectivity index is 1.69. The molecule has 29 heavy (non-hydrogen) atoms. The first-order valence-corrected chi connectivity index (χ1v) is 10.5. The van der Waals surface area contributed by atoms with Crippen molar-refractivity contribution in [2.75, 3.05) is 27.2 Å². The zero-order valence-electron chi connectivity index (χ0n) is 17.3. The lowest BCUT2D eigenvalue weighted by atomic mass is 9.46. The Morgan fingerprint density at radius 2 is 2.07 bits per heavy atom. The fraction of sp³-hybridized carbons (Fsp3) is 0.636. The van der Waals surface area contributed by atoms with Gasteiger partial charge in [0, 0.05) is 18.0 Å². The molecule has 2 N–H and O–H groups in total. The maximum atomic E-state index is 13.3. The summed E-state index contributed by atoms with van der Waals surface area (Å²) in [5.74, 6) is 0.612. The summed E-state index contributed by atoms with van der Waals surface area (Å²) in [5.41, 5.74) is -0.169. The molecular formula is C22H29N3O4. The molecule has 4 atom stereocenters. The standard InChI is InChI=1S/C22H29N3O4/c1-4-25-18(26)21(23-19(25)27)7-8-22(28)17-11-14-5-6-15(29-3)12-16(14)20(22,13-21)9-10-24(17)2/h5-6,12,17,28H,4,7-11,13H2,1-3H3,(H,23,27)/t17-,20-,21+,22-/m1/s1. The van der Waals surface area contributed by atoms with E-state index in [1.165, 1.54) is 10.5 Å². The first kappa shape index (κ1) is 18.9. The molecule has 3 fully saturated rings. The van der Waals surface area contributed by atoms with Gasteiger partial charge < -0.3 is 20.1 Å². The van der Waals surface area contributed by atoms with Crippen LogP contribution in [0.1, 0.15) is 43.7 Å². The van der Waals surface area contributed by atoms with Gasteiger partial charge in [0.1, 0.15) is 11.3 Å². The van der Waals surface area contributed by atoms with E-state index in [1.807, 2.05) is 19.1 Å². The van der Waals surface area contributed by atoms with Crippen molar-refractivity contribution in [2.24, 2.45) is 0 Å². The third-order valence-electron chi connectivity index (χ3n) is 8.15. The molecule has 4 aliphatic rings. The lowest BCUT2D eigenvalue weighted by Crippen LogP contribution is -2.75. The van der Waals surface area contributed by atoms with E-state index < -0.39 is 16.6 Å². The number of aliphatic hydroxyl groups is 1. The second kappa shape index (κ2) is 5.95. The van der Waals surface area contributed by atoms with Gasteiger partial charge in [-0.2, -0.15) is 0 Å². The van der Waals surface area contributed by atoms with Crippen molar-refractivity contribution in [3.63, 3.8) is 0 Å². The predicted octanol–water partition coefficient (Wildman–Crippen LogP) is 1.42. The van der Waals surface area contributed by atoms with Gasteiger partial charge >= 0.3 is 6.03 Å². The Morgan fingerprint density at radius 1 is 1.28 bits per heavy atom. The highest BCUT2D eigenvalue weighted by molar-refractivity contribution is 6.07. The second-order valence-corrected chi connectivity index (χ2v) is 9.22. The van der Waals surface area contributed by atoms with E-state index in [4.69, 9.17) is 4.74 Å². The zero-order valence-corrected chi connectivity index (χ0v) is 17.3. The quantitative estimate of drug-likeness (QED) is 0.735. The van der Waals surface area contributed by atoms with Crippen LogP contribution < -0.4 is 10.1 Å². The number of urea groups is 1. The van der Waals surface area contributed by atoms with Crippen molar-refractivity contribution in [3.8, 4) is 5.75 Å². The number of nitrogens with one attached hydrogen (secondary N) is 1. The number of fused-ring (bicyclic) bond motifs is 1. The van der Waals surface area contributed by atoms with Crippen LogP contribution in [0.3, 0.4) is 0 Å². The fourth-order valence-corrected chi connectivity index (χ4v) is 6.63. The molecule has 0 radical (unpaired) electrons. The third kappa shape index (κ3) is 2.20. The normalized spacial score (nSPS) is 38.6. The molecule has 1 saturated carbocycles. The molecule has 2 bridgehead atoms. The summed E-state index contributed by atoms with van der Waals surface area (Å²) in [7, 11) is 3.72. The average molecular weight is 399 g/mol. The number of carbonyl (C=O) groups excluding carboxylic acids is 2. The van der Waals surface area contributed by atoms with Crippen molar-refractivity contribution in [3.05, 3.63) is 29.3 Å². The number of carbonyl (C=O) groups is 2. The third-order valence-corrected chi connectivity index (χ3v) is 8.15. The van der Waals surface area contributed by atoms with Gasteiger partial charge in [0.2, 0.25) is 0 Å². The van der Waals surface area contributed by atoms with Crippen LogP contribution in [0.5, 0.6) is 5.75 Å². The van der Waals surface area contributed by atoms with Crippen molar-refractivity contribution in [1.82, 2.24) is 15.1 Å². The topological polar surface area (TPSA) is 82.1 Å². The fourth-order valence-electron chi connectivity index (χ4n) is 6.63. The second-order valence-electron chi connectivity index (χ2n) is 9.22. The molecule has 7 heteroatoms. The lowest BCUT2D eigenvalue weighted by molar-refractivity contribution is -0.177. The molecule has 1 spiro atoms. The van der Waals surface area contributed by atoms with Crippen LogP contribution in [0.15, 0.2) is 18.2 Å². The van der Waals surface area contributed by atoms with Crippen molar-refractivity contribution < 1.29 is 19.4 Å². The highest BCUT2D eigenvalue weighted by Gasteiger charge is 2.69. The van der Waals surface area contributed by atoms with Crippen LogP contribution in [0.4, 0.5) is 4.79 Å². The largest absolute Gasteiger partial charge is 0.497 e. The number of hydrogen-bond acceptors (Lipinski definition) is 5. The van der Waals surface area contributed by atoms with Gasteiger partial charge in [0.15, 0.2) is 0 Å². The summed E-state index contributed by atoms with van der Waals surface area (Å²) >= 11 is 0. The van der Waals surface area contributed by atoms with Gasteiger partial charge in [-0.25, -0.2) is 4.79 Å². The van der Waals surface area contributed by atoms with Gasteiger partial charge in [0.05, 0.1) is 12.7 Å². The first-order chi connectivity index (χ1) is 13.8. The molecule has 5 rings (SSSR count). The number of benzene rings is 1. The Labute approximate surface area is 171 Å². The molecular weight excluding hydrogens is 370 g/mol. The van der Waals surface area contributed by atoms with Gasteiger partial charge in [-0.3, -0.25) is 9.69 Å². The zero-order chi connectivity index (χ0) is 20.6. The molecule has 0 unspecified atom stereocenters. The van der Waals surface area contributed by atoms with Crippen LogP contribution >= 0.6 is 0 Å². The highest BCUT2D eigenvalue weighted by Crippen LogP contribution is 2.60. The van der Waals surface area contributed by atoms with Gasteiger partial charge in [-0.15, -0.1) is 0 Å². The Morgan fingerprint density at radius 3 is 2.76 bits per heavy atom. The number of hydrogen-bond donors (Lipinski definition) is 2. The summed E-state index contributed by atoms with van der Waals surface area (Å²) in [5, 5.41) is 15.2. The minimum atomic E-state index is -0.935. The monoisotopic (exact) mass is 399 g/mol. The van der Waals surface area contributed by atoms with Crippen LogP contribution in [0.2, 0.25) is 0 Å². The van der Waals surface area contributed by atoms with E-state index in [9.17, 15) is 14.7 Å². The van der Waals surface area contributed by atoms with Crippen LogP contribution in [0.25, 0.3) is 0 Å². The minimum Gasteiger partial charge on any atom is -0.497 e. The summed E-state index contributed by atoms with van der Waals surface area (Å²) < 4.78 is 5.50. The van der Waals surface area contributed by atoms with Gasteiger partial charge in [0.25, 0.3) is 5.91 Å². The first-order valence-electron chi connectivity index (χ1n) is 10.5. The Bertz CT molecular complexity index is 904. The summed E-state index contributed by atoms with van der Waals surface area (Å²) in [6.45, 7) is 3.03. The molecule has 1 aromatic rings. The highest BCUT2D eigenvalue weighted by atomic mass is 16.5.